The van der Waals surface area contributed by atoms with Gasteiger partial charge in [-0.05, 0) is 19.4 Å². The van der Waals surface area contributed by atoms with Crippen molar-refractivity contribution in [3.05, 3.63) is 52.9 Å². The van der Waals surface area contributed by atoms with Crippen LogP contribution in [0.4, 0.5) is 15.6 Å². The molecule has 2 aromatic carbocycles. The molecule has 2 N–H and O–H groups in total. The lowest BCUT2D eigenvalue weighted by atomic mass is 10.0. The molecule has 3 aromatic rings. The van der Waals surface area contributed by atoms with Gasteiger partial charge in [-0.1, -0.05) is 23.8 Å². The second-order valence-electron chi connectivity index (χ2n) is 6.04. The van der Waals surface area contributed by atoms with Crippen molar-refractivity contribution in [3.8, 4) is 22.8 Å². The van der Waals surface area contributed by atoms with Gasteiger partial charge in [0.2, 0.25) is 0 Å². The van der Waals surface area contributed by atoms with Gasteiger partial charge < -0.3 is 14.8 Å². The van der Waals surface area contributed by atoms with Crippen LogP contribution in [0, 0.1) is 13.8 Å². The summed E-state index contributed by atoms with van der Waals surface area (Å²) < 4.78 is 10.4. The smallest absolute Gasteiger partial charge is 0.325 e. The van der Waals surface area contributed by atoms with Gasteiger partial charge in [0.15, 0.2) is 5.13 Å². The van der Waals surface area contributed by atoms with Gasteiger partial charge >= 0.3 is 6.03 Å². The fourth-order valence-corrected chi connectivity index (χ4v) is 3.40. The number of methoxy groups -OCH3 is 2. The van der Waals surface area contributed by atoms with Crippen molar-refractivity contribution in [3.63, 3.8) is 0 Å². The van der Waals surface area contributed by atoms with Crippen LogP contribution in [0.2, 0.25) is 0 Å². The molecule has 1 aromatic heterocycles. The third kappa shape index (κ3) is 4.57. The molecule has 0 spiro atoms. The van der Waals surface area contributed by atoms with Crippen molar-refractivity contribution in [1.29, 1.82) is 0 Å². The van der Waals surface area contributed by atoms with Crippen LogP contribution in [0.25, 0.3) is 11.3 Å². The zero-order valence-electron chi connectivity index (χ0n) is 15.6. The molecule has 0 saturated carbocycles. The first-order chi connectivity index (χ1) is 13.0. The molecule has 1 heterocycles. The molecule has 7 heteroatoms. The monoisotopic (exact) mass is 383 g/mol. The standard InChI is InChI=1S/C20H21N3O3S/c1-12-5-6-17(13(2)7-12)18-11-27-20(22-18)23-19(24)21-14-8-15(25-3)10-16(9-14)26-4/h5-11H,1-4H3,(H2,21,22,23,24). The van der Waals surface area contributed by atoms with Gasteiger partial charge in [0.05, 0.1) is 19.9 Å². The van der Waals surface area contributed by atoms with E-state index in [1.807, 2.05) is 11.4 Å². The topological polar surface area (TPSA) is 72.5 Å². The Balaban J connectivity index is 1.71. The Labute approximate surface area is 162 Å². The highest BCUT2D eigenvalue weighted by molar-refractivity contribution is 7.14. The van der Waals surface area contributed by atoms with E-state index >= 15 is 0 Å². The number of aryl methyl sites for hydroxylation is 2. The van der Waals surface area contributed by atoms with E-state index in [9.17, 15) is 4.79 Å². The molecule has 0 aliphatic carbocycles. The van der Waals surface area contributed by atoms with Crippen LogP contribution >= 0.6 is 11.3 Å². The molecule has 6 nitrogen and oxygen atoms in total. The van der Waals surface area contributed by atoms with Gasteiger partial charge in [-0.2, -0.15) is 0 Å². The van der Waals surface area contributed by atoms with Crippen LogP contribution in [0.3, 0.4) is 0 Å². The van der Waals surface area contributed by atoms with Gasteiger partial charge in [-0.25, -0.2) is 9.78 Å². The summed E-state index contributed by atoms with van der Waals surface area (Å²) in [4.78, 5) is 16.8. The summed E-state index contributed by atoms with van der Waals surface area (Å²) >= 11 is 1.38. The first kappa shape index (κ1) is 18.7. The predicted octanol–water partition coefficient (Wildman–Crippen LogP) is 5.09. The molecule has 27 heavy (non-hydrogen) atoms. The number of hydrogen-bond donors (Lipinski definition) is 2. The maximum Gasteiger partial charge on any atom is 0.325 e. The number of nitrogens with zero attached hydrogens (tertiary/aromatic N) is 1. The molecule has 0 saturated heterocycles. The average molecular weight is 383 g/mol. The highest BCUT2D eigenvalue weighted by atomic mass is 32.1. The zero-order chi connectivity index (χ0) is 19.4. The number of thiazole rings is 1. The van der Waals surface area contributed by atoms with Crippen LogP contribution in [-0.4, -0.2) is 25.2 Å². The molecular weight excluding hydrogens is 362 g/mol. The molecule has 0 bridgehead atoms. The molecule has 0 radical (unpaired) electrons. The molecule has 0 aliphatic rings. The third-order valence-corrected chi connectivity index (χ3v) is 4.75. The number of aromatic nitrogens is 1. The minimum absolute atomic E-state index is 0.383. The van der Waals surface area contributed by atoms with E-state index < -0.39 is 0 Å². The highest BCUT2D eigenvalue weighted by Crippen LogP contribution is 2.29. The van der Waals surface area contributed by atoms with Gasteiger partial charge in [0.25, 0.3) is 0 Å². The number of rotatable bonds is 5. The Morgan fingerprint density at radius 1 is 1.00 bits per heavy atom. The molecular formula is C20H21N3O3S. The Hall–Kier alpha value is -3.06. The SMILES string of the molecule is COc1cc(NC(=O)Nc2nc(-c3ccc(C)cc3C)cs2)cc(OC)c1. The number of ether oxygens (including phenoxy) is 2. The lowest BCUT2D eigenvalue weighted by Gasteiger charge is -2.10. The van der Waals surface area contributed by atoms with E-state index in [0.29, 0.717) is 22.3 Å². The van der Waals surface area contributed by atoms with Gasteiger partial charge in [-0.15, -0.1) is 11.3 Å². The van der Waals surface area contributed by atoms with E-state index in [1.54, 1.807) is 32.4 Å². The number of nitrogens with one attached hydrogen (secondary N) is 2. The Kier molecular flexibility index (Phi) is 5.61. The maximum absolute atomic E-state index is 12.3. The first-order valence-corrected chi connectivity index (χ1v) is 9.20. The Morgan fingerprint density at radius 3 is 2.33 bits per heavy atom. The van der Waals surface area contributed by atoms with Crippen LogP contribution in [0.15, 0.2) is 41.8 Å². The number of hydrogen-bond acceptors (Lipinski definition) is 5. The van der Waals surface area contributed by atoms with Crippen molar-refractivity contribution >= 4 is 28.2 Å². The number of carbonyl (C=O) groups is 1. The van der Waals surface area contributed by atoms with Crippen molar-refractivity contribution in [2.24, 2.45) is 0 Å². The predicted molar refractivity (Wildman–Crippen MR) is 109 cm³/mol. The van der Waals surface area contributed by atoms with Crippen LogP contribution in [0.1, 0.15) is 11.1 Å². The van der Waals surface area contributed by atoms with Gasteiger partial charge in [0.1, 0.15) is 11.5 Å². The number of benzene rings is 2. The Morgan fingerprint density at radius 2 is 1.70 bits per heavy atom. The van der Waals surface area contributed by atoms with Gasteiger partial charge in [0, 0.05) is 34.8 Å². The molecule has 3 rings (SSSR count). The van der Waals surface area contributed by atoms with Crippen molar-refractivity contribution < 1.29 is 14.3 Å². The molecule has 2 amide bonds. The van der Waals surface area contributed by atoms with Crippen LogP contribution in [0.5, 0.6) is 11.5 Å². The molecule has 0 fully saturated rings. The van der Waals surface area contributed by atoms with Gasteiger partial charge in [-0.3, -0.25) is 5.32 Å². The molecule has 0 aliphatic heterocycles. The molecule has 140 valence electrons. The first-order valence-electron chi connectivity index (χ1n) is 8.32. The molecule has 0 unspecified atom stereocenters. The largest absolute Gasteiger partial charge is 0.497 e. The fraction of sp³-hybridized carbons (Fsp3) is 0.200. The fourth-order valence-electron chi connectivity index (χ4n) is 2.69. The van der Waals surface area contributed by atoms with Crippen molar-refractivity contribution in [2.45, 2.75) is 13.8 Å². The lowest BCUT2D eigenvalue weighted by Crippen LogP contribution is -2.19. The Bertz CT molecular complexity index is 947. The quantitative estimate of drug-likeness (QED) is 0.644. The zero-order valence-corrected chi connectivity index (χ0v) is 16.4. The minimum atomic E-state index is -0.383. The normalized spacial score (nSPS) is 10.4. The average Bonchev–Trinajstić information content (AvgIpc) is 3.09. The van der Waals surface area contributed by atoms with E-state index in [-0.39, 0.29) is 6.03 Å². The van der Waals surface area contributed by atoms with Crippen LogP contribution in [-0.2, 0) is 0 Å². The summed E-state index contributed by atoms with van der Waals surface area (Å²) in [5, 5.41) is 7.98. The van der Waals surface area contributed by atoms with Crippen LogP contribution < -0.4 is 20.1 Å². The number of anilines is 2. The summed E-state index contributed by atoms with van der Waals surface area (Å²) in [6.45, 7) is 4.11. The number of carbonyl (C=O) groups excluding carboxylic acids is 1. The summed E-state index contributed by atoms with van der Waals surface area (Å²) in [7, 11) is 3.12. The summed E-state index contributed by atoms with van der Waals surface area (Å²) in [6, 6.07) is 11.0. The van der Waals surface area contributed by atoms with E-state index in [4.69, 9.17) is 9.47 Å². The maximum atomic E-state index is 12.3. The van der Waals surface area contributed by atoms with E-state index in [1.165, 1.54) is 16.9 Å². The number of amides is 2. The minimum Gasteiger partial charge on any atom is -0.497 e. The van der Waals surface area contributed by atoms with E-state index in [2.05, 4.69) is 41.6 Å². The summed E-state index contributed by atoms with van der Waals surface area (Å²) in [5.41, 5.74) is 4.83. The third-order valence-electron chi connectivity index (χ3n) is 3.99. The number of urea groups is 1. The summed E-state index contributed by atoms with van der Waals surface area (Å²) in [6.07, 6.45) is 0. The second-order valence-corrected chi connectivity index (χ2v) is 6.89. The second kappa shape index (κ2) is 8.09. The van der Waals surface area contributed by atoms with Crippen molar-refractivity contribution in [1.82, 2.24) is 4.98 Å². The molecule has 0 atom stereocenters. The van der Waals surface area contributed by atoms with E-state index in [0.717, 1.165) is 16.8 Å². The highest BCUT2D eigenvalue weighted by Gasteiger charge is 2.11. The summed E-state index contributed by atoms with van der Waals surface area (Å²) in [5.74, 6) is 1.19. The lowest BCUT2D eigenvalue weighted by molar-refractivity contribution is 0.262. The van der Waals surface area contributed by atoms with Crippen molar-refractivity contribution in [2.75, 3.05) is 24.9 Å².